The van der Waals surface area contributed by atoms with Crippen molar-refractivity contribution in [2.75, 3.05) is 19.7 Å². The first kappa shape index (κ1) is 14.7. The molecule has 1 atom stereocenters. The zero-order valence-electron chi connectivity index (χ0n) is 10.9. The van der Waals surface area contributed by atoms with E-state index in [2.05, 4.69) is 0 Å². The predicted molar refractivity (Wildman–Crippen MR) is 67.3 cm³/mol. The summed E-state index contributed by atoms with van der Waals surface area (Å²) in [5.74, 6) is -1.29. The monoisotopic (exact) mass is 287 g/mol. The highest BCUT2D eigenvalue weighted by Gasteiger charge is 2.42. The quantitative estimate of drug-likeness (QED) is 0.855. The molecule has 0 N–H and O–H groups in total. The van der Waals surface area contributed by atoms with Crippen molar-refractivity contribution in [3.63, 3.8) is 0 Å². The van der Waals surface area contributed by atoms with E-state index in [1.807, 2.05) is 6.07 Å². The molecule has 0 unspecified atom stereocenters. The average molecular weight is 287 g/mol. The van der Waals surface area contributed by atoms with Crippen LogP contribution < -0.4 is 4.74 Å². The Balaban J connectivity index is 1.86. The molecule has 1 heterocycles. The summed E-state index contributed by atoms with van der Waals surface area (Å²) < 4.78 is 43.2. The van der Waals surface area contributed by atoms with Gasteiger partial charge in [0.05, 0.1) is 5.92 Å². The lowest BCUT2D eigenvalue weighted by molar-refractivity contribution is -0.188. The number of ether oxygens (including phenoxy) is 1. The molecule has 1 aromatic rings. The molecule has 1 fully saturated rings. The lowest BCUT2D eigenvalue weighted by atomic mass is 9.97. The van der Waals surface area contributed by atoms with E-state index in [1.165, 1.54) is 4.90 Å². The van der Waals surface area contributed by atoms with Crippen LogP contribution in [0.15, 0.2) is 30.3 Å². The Morgan fingerprint density at radius 3 is 2.65 bits per heavy atom. The number of carbonyl (C=O) groups excluding carboxylic acids is 1. The minimum Gasteiger partial charge on any atom is -0.484 e. The largest absolute Gasteiger partial charge is 0.484 e. The Bertz CT molecular complexity index is 447. The van der Waals surface area contributed by atoms with Crippen molar-refractivity contribution < 1.29 is 22.7 Å². The van der Waals surface area contributed by atoms with E-state index in [9.17, 15) is 18.0 Å². The maximum Gasteiger partial charge on any atom is 0.393 e. The number of alkyl halides is 3. The first-order valence-electron chi connectivity index (χ1n) is 6.49. The normalized spacial score (nSPS) is 19.8. The first-order chi connectivity index (χ1) is 9.47. The zero-order valence-corrected chi connectivity index (χ0v) is 10.9. The molecule has 110 valence electrons. The van der Waals surface area contributed by atoms with Gasteiger partial charge in [0.15, 0.2) is 6.61 Å². The number of halogens is 3. The van der Waals surface area contributed by atoms with Gasteiger partial charge in [-0.1, -0.05) is 18.2 Å². The van der Waals surface area contributed by atoms with Gasteiger partial charge >= 0.3 is 6.18 Å². The smallest absolute Gasteiger partial charge is 0.393 e. The SMILES string of the molecule is O=C(COc1ccccc1)N1CCC[C@@H](C(F)(F)F)C1. The molecule has 6 heteroatoms. The van der Waals surface area contributed by atoms with Crippen LogP contribution in [0.2, 0.25) is 0 Å². The summed E-state index contributed by atoms with van der Waals surface area (Å²) in [5, 5.41) is 0. The minimum atomic E-state index is -4.24. The van der Waals surface area contributed by atoms with Crippen molar-refractivity contribution in [3.8, 4) is 5.75 Å². The molecule has 1 amide bonds. The highest BCUT2D eigenvalue weighted by atomic mass is 19.4. The van der Waals surface area contributed by atoms with Crippen LogP contribution in [-0.2, 0) is 4.79 Å². The van der Waals surface area contributed by atoms with Crippen molar-refractivity contribution in [2.45, 2.75) is 19.0 Å². The summed E-state index contributed by atoms with van der Waals surface area (Å²) in [5.41, 5.74) is 0. The summed E-state index contributed by atoms with van der Waals surface area (Å²) in [6.07, 6.45) is -3.77. The second-order valence-electron chi connectivity index (χ2n) is 4.82. The third-order valence-corrected chi connectivity index (χ3v) is 3.34. The van der Waals surface area contributed by atoms with Crippen LogP contribution in [0.3, 0.4) is 0 Å². The van der Waals surface area contributed by atoms with E-state index in [0.29, 0.717) is 18.7 Å². The maximum absolute atomic E-state index is 12.7. The number of likely N-dealkylation sites (tertiary alicyclic amines) is 1. The fourth-order valence-corrected chi connectivity index (χ4v) is 2.22. The summed E-state index contributed by atoms with van der Waals surface area (Å²) in [6, 6.07) is 8.73. The Hall–Kier alpha value is -1.72. The molecule has 0 radical (unpaired) electrons. The second-order valence-corrected chi connectivity index (χ2v) is 4.82. The van der Waals surface area contributed by atoms with E-state index in [1.54, 1.807) is 24.3 Å². The molecule has 2 rings (SSSR count). The van der Waals surface area contributed by atoms with Gasteiger partial charge in [-0.2, -0.15) is 13.2 Å². The highest BCUT2D eigenvalue weighted by Crippen LogP contribution is 2.33. The first-order valence-corrected chi connectivity index (χ1v) is 6.49. The van der Waals surface area contributed by atoms with Crippen LogP contribution in [0, 0.1) is 5.92 Å². The topological polar surface area (TPSA) is 29.5 Å². The minimum absolute atomic E-state index is 0.0901. The fraction of sp³-hybridized carbons (Fsp3) is 0.500. The van der Waals surface area contributed by atoms with E-state index in [0.717, 1.165) is 0 Å². The zero-order chi connectivity index (χ0) is 14.6. The van der Waals surface area contributed by atoms with Crippen LogP contribution in [-0.4, -0.2) is 36.7 Å². The van der Waals surface area contributed by atoms with Crippen molar-refractivity contribution in [1.29, 1.82) is 0 Å². The lowest BCUT2D eigenvalue weighted by Gasteiger charge is -2.33. The number of hydrogen-bond donors (Lipinski definition) is 0. The molecule has 0 aliphatic carbocycles. The number of rotatable bonds is 3. The van der Waals surface area contributed by atoms with Gasteiger partial charge in [-0.3, -0.25) is 4.79 Å². The maximum atomic E-state index is 12.7. The molecule has 1 aliphatic rings. The molecular formula is C14H16F3NO2. The van der Waals surface area contributed by atoms with E-state index in [-0.39, 0.29) is 19.6 Å². The molecule has 0 spiro atoms. The van der Waals surface area contributed by atoms with Crippen LogP contribution in [0.25, 0.3) is 0 Å². The number of benzene rings is 1. The van der Waals surface area contributed by atoms with Gasteiger partial charge in [0, 0.05) is 13.1 Å². The van der Waals surface area contributed by atoms with Gasteiger partial charge in [-0.15, -0.1) is 0 Å². The lowest BCUT2D eigenvalue weighted by Crippen LogP contribution is -2.46. The summed E-state index contributed by atoms with van der Waals surface area (Å²) in [4.78, 5) is 13.1. The second kappa shape index (κ2) is 6.15. The van der Waals surface area contributed by atoms with Gasteiger partial charge in [-0.25, -0.2) is 0 Å². The third kappa shape index (κ3) is 3.88. The van der Waals surface area contributed by atoms with Crippen molar-refractivity contribution >= 4 is 5.91 Å². The Kier molecular flexibility index (Phi) is 4.52. The number of hydrogen-bond acceptors (Lipinski definition) is 2. The van der Waals surface area contributed by atoms with Crippen molar-refractivity contribution in [2.24, 2.45) is 5.92 Å². The predicted octanol–water partition coefficient (Wildman–Crippen LogP) is 2.87. The molecule has 1 saturated heterocycles. The van der Waals surface area contributed by atoms with Crippen LogP contribution in [0.1, 0.15) is 12.8 Å². The summed E-state index contributed by atoms with van der Waals surface area (Å²) >= 11 is 0. The summed E-state index contributed by atoms with van der Waals surface area (Å²) in [6.45, 7) is -0.126. The molecular weight excluding hydrogens is 271 g/mol. The van der Waals surface area contributed by atoms with Gasteiger partial charge in [0.1, 0.15) is 5.75 Å². The van der Waals surface area contributed by atoms with Gasteiger partial charge in [0.2, 0.25) is 0 Å². The molecule has 20 heavy (non-hydrogen) atoms. The van der Waals surface area contributed by atoms with Crippen molar-refractivity contribution in [3.05, 3.63) is 30.3 Å². The number of piperidine rings is 1. The Morgan fingerprint density at radius 2 is 2.00 bits per heavy atom. The number of amides is 1. The fourth-order valence-electron chi connectivity index (χ4n) is 2.22. The molecule has 0 saturated carbocycles. The van der Waals surface area contributed by atoms with Gasteiger partial charge in [0.25, 0.3) is 5.91 Å². The molecule has 1 aliphatic heterocycles. The van der Waals surface area contributed by atoms with Crippen LogP contribution in [0.5, 0.6) is 5.75 Å². The van der Waals surface area contributed by atoms with Gasteiger partial charge < -0.3 is 9.64 Å². The van der Waals surface area contributed by atoms with E-state index < -0.39 is 18.0 Å². The van der Waals surface area contributed by atoms with Crippen LogP contribution in [0.4, 0.5) is 13.2 Å². The molecule has 3 nitrogen and oxygen atoms in total. The van der Waals surface area contributed by atoms with E-state index in [4.69, 9.17) is 4.74 Å². The molecule has 0 aromatic heterocycles. The Morgan fingerprint density at radius 1 is 1.30 bits per heavy atom. The highest BCUT2D eigenvalue weighted by molar-refractivity contribution is 5.77. The third-order valence-electron chi connectivity index (χ3n) is 3.34. The summed E-state index contributed by atoms with van der Waals surface area (Å²) in [7, 11) is 0. The van der Waals surface area contributed by atoms with Crippen molar-refractivity contribution in [1.82, 2.24) is 4.90 Å². The number of para-hydroxylation sites is 1. The molecule has 0 bridgehead atoms. The van der Waals surface area contributed by atoms with Crippen LogP contribution >= 0.6 is 0 Å². The number of nitrogens with zero attached hydrogens (tertiary/aromatic N) is 1. The average Bonchev–Trinajstić information content (AvgIpc) is 2.45. The molecule has 1 aromatic carbocycles. The Labute approximate surface area is 115 Å². The number of carbonyl (C=O) groups is 1. The van der Waals surface area contributed by atoms with Gasteiger partial charge in [-0.05, 0) is 25.0 Å². The van der Waals surface area contributed by atoms with E-state index >= 15 is 0 Å². The standard InChI is InChI=1S/C14H16F3NO2/c15-14(16,17)11-5-4-8-18(9-11)13(19)10-20-12-6-2-1-3-7-12/h1-3,6-7,11H,4-5,8-10H2/t11-/m1/s1.